The van der Waals surface area contributed by atoms with Gasteiger partial charge < -0.3 is 15.7 Å². The minimum atomic E-state index is -1.01. The molecular formula is C16H26N2O4. The fourth-order valence-electron chi connectivity index (χ4n) is 3.06. The van der Waals surface area contributed by atoms with Crippen molar-refractivity contribution in [1.82, 2.24) is 10.6 Å². The van der Waals surface area contributed by atoms with Gasteiger partial charge in [0.1, 0.15) is 6.04 Å². The zero-order chi connectivity index (χ0) is 15.9. The van der Waals surface area contributed by atoms with Crippen molar-refractivity contribution >= 4 is 17.8 Å². The van der Waals surface area contributed by atoms with E-state index < -0.39 is 17.9 Å². The molecule has 1 atom stereocenters. The molecule has 6 heteroatoms. The highest BCUT2D eigenvalue weighted by Crippen LogP contribution is 2.33. The van der Waals surface area contributed by atoms with Crippen LogP contribution in [0.25, 0.3) is 0 Å². The quantitative estimate of drug-likeness (QED) is 0.600. The fraction of sp³-hybridized carbons (Fsp3) is 0.812. The maximum atomic E-state index is 11.7. The molecule has 2 fully saturated rings. The molecule has 2 rings (SSSR count). The molecule has 0 saturated heterocycles. The first-order valence-corrected chi connectivity index (χ1v) is 8.33. The van der Waals surface area contributed by atoms with Gasteiger partial charge in [0.2, 0.25) is 11.8 Å². The minimum Gasteiger partial charge on any atom is -0.480 e. The standard InChI is InChI=1S/C16H26N2O4/c19-14(8-7-11-3-1-2-4-11)17-10-15(20)18-13(16(21)22)9-12-5-6-12/h11-13H,1-10H2,(H,17,19)(H,18,20)(H,21,22). The van der Waals surface area contributed by atoms with Crippen molar-refractivity contribution in [3.8, 4) is 0 Å². The number of carboxylic acids is 1. The summed E-state index contributed by atoms with van der Waals surface area (Å²) in [4.78, 5) is 34.5. The van der Waals surface area contributed by atoms with Gasteiger partial charge >= 0.3 is 5.97 Å². The lowest BCUT2D eigenvalue weighted by Gasteiger charge is -2.14. The molecule has 6 nitrogen and oxygen atoms in total. The molecule has 0 aromatic heterocycles. The second-order valence-electron chi connectivity index (χ2n) is 6.60. The number of hydrogen-bond acceptors (Lipinski definition) is 3. The fourth-order valence-corrected chi connectivity index (χ4v) is 3.06. The van der Waals surface area contributed by atoms with Gasteiger partial charge in [0.15, 0.2) is 0 Å². The molecule has 0 spiro atoms. The lowest BCUT2D eigenvalue weighted by atomic mass is 10.0. The summed E-state index contributed by atoms with van der Waals surface area (Å²) in [5.74, 6) is -0.497. The summed E-state index contributed by atoms with van der Waals surface area (Å²) >= 11 is 0. The first-order chi connectivity index (χ1) is 10.5. The summed E-state index contributed by atoms with van der Waals surface area (Å²) in [7, 11) is 0. The Hall–Kier alpha value is -1.59. The Morgan fingerprint density at radius 2 is 1.68 bits per heavy atom. The lowest BCUT2D eigenvalue weighted by Crippen LogP contribution is -2.45. The van der Waals surface area contributed by atoms with Gasteiger partial charge in [0.25, 0.3) is 0 Å². The van der Waals surface area contributed by atoms with Crippen LogP contribution in [-0.2, 0) is 14.4 Å². The van der Waals surface area contributed by atoms with Crippen molar-refractivity contribution in [2.75, 3.05) is 6.54 Å². The van der Waals surface area contributed by atoms with Gasteiger partial charge in [-0.1, -0.05) is 38.5 Å². The van der Waals surface area contributed by atoms with Crippen molar-refractivity contribution in [2.45, 2.75) is 63.8 Å². The SMILES string of the molecule is O=C(CCC1CCCC1)NCC(=O)NC(CC1CC1)C(=O)O. The average Bonchev–Trinajstić information content (AvgIpc) is 3.14. The molecule has 0 aromatic rings. The Morgan fingerprint density at radius 1 is 1.00 bits per heavy atom. The Labute approximate surface area is 131 Å². The van der Waals surface area contributed by atoms with E-state index >= 15 is 0 Å². The zero-order valence-electron chi connectivity index (χ0n) is 13.0. The highest BCUT2D eigenvalue weighted by atomic mass is 16.4. The normalized spacial score (nSPS) is 19.6. The molecule has 0 heterocycles. The third-order valence-corrected chi connectivity index (χ3v) is 4.60. The number of rotatable bonds is 9. The molecule has 0 bridgehead atoms. The Balaban J connectivity index is 1.60. The van der Waals surface area contributed by atoms with Crippen LogP contribution in [0.2, 0.25) is 0 Å². The van der Waals surface area contributed by atoms with Crippen LogP contribution in [0.15, 0.2) is 0 Å². The van der Waals surface area contributed by atoms with Crippen LogP contribution >= 0.6 is 0 Å². The minimum absolute atomic E-state index is 0.129. The molecule has 1 unspecified atom stereocenters. The number of carbonyl (C=O) groups is 3. The van der Waals surface area contributed by atoms with Crippen molar-refractivity contribution in [2.24, 2.45) is 11.8 Å². The van der Waals surface area contributed by atoms with E-state index in [2.05, 4.69) is 10.6 Å². The van der Waals surface area contributed by atoms with Crippen LogP contribution in [0.4, 0.5) is 0 Å². The van der Waals surface area contributed by atoms with Crippen molar-refractivity contribution < 1.29 is 19.5 Å². The van der Waals surface area contributed by atoms with Gasteiger partial charge in [-0.05, 0) is 24.7 Å². The van der Waals surface area contributed by atoms with Gasteiger partial charge in [0, 0.05) is 6.42 Å². The topological polar surface area (TPSA) is 95.5 Å². The molecular weight excluding hydrogens is 284 g/mol. The molecule has 0 radical (unpaired) electrons. The lowest BCUT2D eigenvalue weighted by molar-refractivity contribution is -0.142. The van der Waals surface area contributed by atoms with E-state index in [1.807, 2.05) is 0 Å². The van der Waals surface area contributed by atoms with Crippen LogP contribution in [-0.4, -0.2) is 35.5 Å². The Morgan fingerprint density at radius 3 is 2.27 bits per heavy atom. The van der Waals surface area contributed by atoms with Crippen LogP contribution in [0.3, 0.4) is 0 Å². The first kappa shape index (κ1) is 16.8. The summed E-state index contributed by atoms with van der Waals surface area (Å²) in [5, 5.41) is 14.1. The molecule has 124 valence electrons. The number of carboxylic acid groups (broad SMARTS) is 1. The molecule has 2 aliphatic rings. The van der Waals surface area contributed by atoms with Crippen LogP contribution in [0, 0.1) is 11.8 Å². The summed E-state index contributed by atoms with van der Waals surface area (Å²) in [6.07, 6.45) is 8.81. The smallest absolute Gasteiger partial charge is 0.326 e. The Bertz CT molecular complexity index is 414. The first-order valence-electron chi connectivity index (χ1n) is 8.33. The monoisotopic (exact) mass is 310 g/mol. The van der Waals surface area contributed by atoms with Gasteiger partial charge in [-0.15, -0.1) is 0 Å². The highest BCUT2D eigenvalue weighted by molar-refractivity contribution is 5.87. The Kier molecular flexibility index (Phi) is 6.21. The maximum absolute atomic E-state index is 11.7. The van der Waals surface area contributed by atoms with Crippen molar-refractivity contribution in [1.29, 1.82) is 0 Å². The predicted octanol–water partition coefficient (Wildman–Crippen LogP) is 1.44. The molecule has 2 saturated carbocycles. The van der Waals surface area contributed by atoms with E-state index in [-0.39, 0.29) is 12.5 Å². The van der Waals surface area contributed by atoms with Gasteiger partial charge in [0.05, 0.1) is 6.54 Å². The molecule has 0 aliphatic heterocycles. The second-order valence-corrected chi connectivity index (χ2v) is 6.60. The molecule has 3 N–H and O–H groups in total. The van der Waals surface area contributed by atoms with Gasteiger partial charge in [-0.25, -0.2) is 4.79 Å². The van der Waals surface area contributed by atoms with Crippen molar-refractivity contribution in [3.05, 3.63) is 0 Å². The van der Waals surface area contributed by atoms with E-state index in [0.717, 1.165) is 19.3 Å². The average molecular weight is 310 g/mol. The molecule has 22 heavy (non-hydrogen) atoms. The van der Waals surface area contributed by atoms with E-state index in [1.54, 1.807) is 0 Å². The summed E-state index contributed by atoms with van der Waals surface area (Å²) in [6, 6.07) is -0.838. The van der Waals surface area contributed by atoms with Gasteiger partial charge in [-0.3, -0.25) is 9.59 Å². The maximum Gasteiger partial charge on any atom is 0.326 e. The number of aliphatic carboxylic acids is 1. The van der Waals surface area contributed by atoms with E-state index in [0.29, 0.717) is 24.7 Å². The second kappa shape index (κ2) is 8.15. The molecule has 0 aromatic carbocycles. The van der Waals surface area contributed by atoms with Gasteiger partial charge in [-0.2, -0.15) is 0 Å². The summed E-state index contributed by atoms with van der Waals surface area (Å²) < 4.78 is 0. The van der Waals surface area contributed by atoms with E-state index in [1.165, 1.54) is 25.7 Å². The number of hydrogen-bond donors (Lipinski definition) is 3. The van der Waals surface area contributed by atoms with E-state index in [9.17, 15) is 14.4 Å². The third kappa shape index (κ3) is 6.03. The number of carbonyl (C=O) groups excluding carboxylic acids is 2. The van der Waals surface area contributed by atoms with Crippen LogP contribution in [0.1, 0.15) is 57.8 Å². The highest BCUT2D eigenvalue weighted by Gasteiger charge is 2.30. The number of amides is 2. The largest absolute Gasteiger partial charge is 0.480 e. The number of nitrogens with one attached hydrogen (secondary N) is 2. The summed E-state index contributed by atoms with van der Waals surface area (Å²) in [6.45, 7) is -0.141. The van der Waals surface area contributed by atoms with Crippen molar-refractivity contribution in [3.63, 3.8) is 0 Å². The van der Waals surface area contributed by atoms with Crippen LogP contribution in [0.5, 0.6) is 0 Å². The zero-order valence-corrected chi connectivity index (χ0v) is 13.0. The molecule has 2 aliphatic carbocycles. The van der Waals surface area contributed by atoms with Crippen LogP contribution < -0.4 is 10.6 Å². The third-order valence-electron chi connectivity index (χ3n) is 4.60. The molecule has 2 amide bonds. The van der Waals surface area contributed by atoms with E-state index in [4.69, 9.17) is 5.11 Å². The summed E-state index contributed by atoms with van der Waals surface area (Å²) in [5.41, 5.74) is 0. The predicted molar refractivity (Wildman–Crippen MR) is 81.1 cm³/mol.